The number of hydrogen-bond donors (Lipinski definition) is 2. The molecule has 0 spiro atoms. The van der Waals surface area contributed by atoms with Gasteiger partial charge in [-0.05, 0) is 44.9 Å². The first-order valence-electron chi connectivity index (χ1n) is 9.25. The van der Waals surface area contributed by atoms with Gasteiger partial charge in [-0.1, -0.05) is 13.0 Å². The molecule has 7 heteroatoms. The Balaban J connectivity index is 1.74. The average molecular weight is 375 g/mol. The van der Waals surface area contributed by atoms with Crippen LogP contribution in [-0.4, -0.2) is 42.0 Å². The van der Waals surface area contributed by atoms with Crippen molar-refractivity contribution in [2.45, 2.75) is 40.3 Å². The summed E-state index contributed by atoms with van der Waals surface area (Å²) in [6.07, 6.45) is -0.127. The molecule has 0 saturated carbocycles. The SMILES string of the molecule is CN=C(NCC(C)Cn1nc(C)cc1C)NCC(C)Oc1cccc(F)c1. The van der Waals surface area contributed by atoms with E-state index >= 15 is 0 Å². The highest BCUT2D eigenvalue weighted by Crippen LogP contribution is 2.13. The van der Waals surface area contributed by atoms with Crippen LogP contribution in [0.5, 0.6) is 5.75 Å². The largest absolute Gasteiger partial charge is 0.489 e. The lowest BCUT2D eigenvalue weighted by Crippen LogP contribution is -2.43. The molecule has 0 saturated heterocycles. The van der Waals surface area contributed by atoms with Gasteiger partial charge >= 0.3 is 0 Å². The molecule has 1 heterocycles. The summed E-state index contributed by atoms with van der Waals surface area (Å²) >= 11 is 0. The summed E-state index contributed by atoms with van der Waals surface area (Å²) in [4.78, 5) is 4.24. The molecule has 0 radical (unpaired) electrons. The topological polar surface area (TPSA) is 63.5 Å². The quantitative estimate of drug-likeness (QED) is 0.550. The zero-order valence-corrected chi connectivity index (χ0v) is 16.8. The maximum Gasteiger partial charge on any atom is 0.191 e. The van der Waals surface area contributed by atoms with Crippen LogP contribution in [0.2, 0.25) is 0 Å². The molecule has 148 valence electrons. The van der Waals surface area contributed by atoms with E-state index in [2.05, 4.69) is 40.6 Å². The molecule has 0 bridgehead atoms. The third-order valence-electron chi connectivity index (χ3n) is 4.12. The second-order valence-corrected chi connectivity index (χ2v) is 6.93. The number of aromatic nitrogens is 2. The van der Waals surface area contributed by atoms with Crippen molar-refractivity contribution in [3.05, 3.63) is 47.5 Å². The molecule has 1 aromatic carbocycles. The van der Waals surface area contributed by atoms with Crippen LogP contribution in [0, 0.1) is 25.6 Å². The van der Waals surface area contributed by atoms with Gasteiger partial charge in [-0.25, -0.2) is 4.39 Å². The zero-order chi connectivity index (χ0) is 19.8. The molecule has 2 unspecified atom stereocenters. The Bertz CT molecular complexity index is 759. The van der Waals surface area contributed by atoms with Gasteiger partial charge in [0.05, 0.1) is 12.2 Å². The summed E-state index contributed by atoms with van der Waals surface area (Å²) in [5, 5.41) is 11.1. The van der Waals surface area contributed by atoms with Gasteiger partial charge < -0.3 is 15.4 Å². The number of aliphatic imine (C=N–C) groups is 1. The Morgan fingerprint density at radius 2 is 1.96 bits per heavy atom. The van der Waals surface area contributed by atoms with E-state index in [1.807, 2.05) is 18.5 Å². The summed E-state index contributed by atoms with van der Waals surface area (Å²) in [6.45, 7) is 10.4. The maximum atomic E-state index is 13.2. The molecule has 0 amide bonds. The highest BCUT2D eigenvalue weighted by atomic mass is 19.1. The number of benzene rings is 1. The van der Waals surface area contributed by atoms with Gasteiger partial charge in [0.2, 0.25) is 0 Å². The average Bonchev–Trinajstić information content (AvgIpc) is 2.92. The molecular weight excluding hydrogens is 345 g/mol. The number of hydrogen-bond acceptors (Lipinski definition) is 3. The molecule has 0 aliphatic rings. The minimum atomic E-state index is -0.304. The van der Waals surface area contributed by atoms with Gasteiger partial charge in [0.15, 0.2) is 5.96 Å². The molecule has 0 fully saturated rings. The van der Waals surface area contributed by atoms with Crippen LogP contribution in [0.15, 0.2) is 35.3 Å². The van der Waals surface area contributed by atoms with Crippen LogP contribution in [0.3, 0.4) is 0 Å². The minimum absolute atomic E-state index is 0.127. The van der Waals surface area contributed by atoms with E-state index in [4.69, 9.17) is 4.74 Å². The summed E-state index contributed by atoms with van der Waals surface area (Å²) in [5.41, 5.74) is 2.21. The van der Waals surface area contributed by atoms with Crippen molar-refractivity contribution >= 4 is 5.96 Å². The second-order valence-electron chi connectivity index (χ2n) is 6.93. The molecule has 2 N–H and O–H groups in total. The molecule has 0 aliphatic heterocycles. The number of ether oxygens (including phenoxy) is 1. The fourth-order valence-corrected chi connectivity index (χ4v) is 2.77. The number of nitrogens with one attached hydrogen (secondary N) is 2. The Hall–Kier alpha value is -2.57. The van der Waals surface area contributed by atoms with Gasteiger partial charge in [0, 0.05) is 31.9 Å². The van der Waals surface area contributed by atoms with Crippen LogP contribution in [0.25, 0.3) is 0 Å². The standard InChI is InChI=1S/C20H30FN5O/c1-14(13-26-16(3)9-15(2)25-26)11-23-20(22-5)24-12-17(4)27-19-8-6-7-18(21)10-19/h6-10,14,17H,11-13H2,1-5H3,(H2,22,23,24). The smallest absolute Gasteiger partial charge is 0.191 e. The lowest BCUT2D eigenvalue weighted by atomic mass is 10.2. The van der Waals surface area contributed by atoms with E-state index in [1.165, 1.54) is 17.8 Å². The molecule has 2 rings (SSSR count). The van der Waals surface area contributed by atoms with Gasteiger partial charge in [-0.15, -0.1) is 0 Å². The minimum Gasteiger partial charge on any atom is -0.489 e. The van der Waals surface area contributed by atoms with E-state index in [-0.39, 0.29) is 11.9 Å². The number of rotatable bonds is 8. The van der Waals surface area contributed by atoms with E-state index in [1.54, 1.807) is 19.2 Å². The Labute approximate surface area is 160 Å². The second kappa shape index (κ2) is 9.94. The summed E-state index contributed by atoms with van der Waals surface area (Å²) in [6, 6.07) is 8.24. The number of nitrogens with zero attached hydrogens (tertiary/aromatic N) is 3. The molecule has 0 aliphatic carbocycles. The third-order valence-corrected chi connectivity index (χ3v) is 4.12. The normalized spacial score (nSPS) is 13.9. The monoisotopic (exact) mass is 375 g/mol. The summed E-state index contributed by atoms with van der Waals surface area (Å²) in [7, 11) is 1.74. The van der Waals surface area contributed by atoms with Crippen molar-refractivity contribution in [2.75, 3.05) is 20.1 Å². The Morgan fingerprint density at radius 3 is 2.59 bits per heavy atom. The van der Waals surface area contributed by atoms with Crippen LogP contribution in [0.1, 0.15) is 25.2 Å². The maximum absolute atomic E-state index is 13.2. The molecule has 1 aromatic heterocycles. The summed E-state index contributed by atoms with van der Waals surface area (Å²) < 4.78 is 21.0. The van der Waals surface area contributed by atoms with Gasteiger partial charge in [-0.3, -0.25) is 9.67 Å². The predicted octanol–water partition coefficient (Wildman–Crippen LogP) is 2.91. The molecular formula is C20H30FN5O. The van der Waals surface area contributed by atoms with Crippen LogP contribution >= 0.6 is 0 Å². The number of halogens is 1. The lowest BCUT2D eigenvalue weighted by Gasteiger charge is -2.19. The van der Waals surface area contributed by atoms with Crippen LogP contribution < -0.4 is 15.4 Å². The summed E-state index contributed by atoms with van der Waals surface area (Å²) in [5.74, 6) is 1.32. The van der Waals surface area contributed by atoms with Gasteiger partial charge in [-0.2, -0.15) is 5.10 Å². The van der Waals surface area contributed by atoms with Crippen molar-refractivity contribution in [2.24, 2.45) is 10.9 Å². The first-order chi connectivity index (χ1) is 12.9. The van der Waals surface area contributed by atoms with E-state index < -0.39 is 0 Å². The third kappa shape index (κ3) is 6.92. The number of guanidine groups is 1. The van der Waals surface area contributed by atoms with Crippen molar-refractivity contribution in [3.8, 4) is 5.75 Å². The first-order valence-corrected chi connectivity index (χ1v) is 9.25. The fourth-order valence-electron chi connectivity index (χ4n) is 2.77. The van der Waals surface area contributed by atoms with E-state index in [0.717, 1.165) is 18.8 Å². The van der Waals surface area contributed by atoms with E-state index in [0.29, 0.717) is 24.2 Å². The highest BCUT2D eigenvalue weighted by Gasteiger charge is 2.10. The van der Waals surface area contributed by atoms with Crippen LogP contribution in [-0.2, 0) is 6.54 Å². The molecule has 27 heavy (non-hydrogen) atoms. The highest BCUT2D eigenvalue weighted by molar-refractivity contribution is 5.79. The van der Waals surface area contributed by atoms with Crippen molar-refractivity contribution in [1.82, 2.24) is 20.4 Å². The van der Waals surface area contributed by atoms with Crippen molar-refractivity contribution in [3.63, 3.8) is 0 Å². The van der Waals surface area contributed by atoms with Crippen molar-refractivity contribution < 1.29 is 9.13 Å². The molecule has 2 atom stereocenters. The van der Waals surface area contributed by atoms with Crippen LogP contribution in [0.4, 0.5) is 4.39 Å². The Kier molecular flexibility index (Phi) is 7.64. The van der Waals surface area contributed by atoms with Gasteiger partial charge in [0.1, 0.15) is 17.7 Å². The molecule has 6 nitrogen and oxygen atoms in total. The lowest BCUT2D eigenvalue weighted by molar-refractivity contribution is 0.223. The zero-order valence-electron chi connectivity index (χ0n) is 16.8. The number of aryl methyl sites for hydroxylation is 2. The van der Waals surface area contributed by atoms with Gasteiger partial charge in [0.25, 0.3) is 0 Å². The molecule has 2 aromatic rings. The first kappa shape index (κ1) is 20.7. The van der Waals surface area contributed by atoms with E-state index in [9.17, 15) is 4.39 Å². The predicted molar refractivity (Wildman–Crippen MR) is 107 cm³/mol. The Morgan fingerprint density at radius 1 is 1.22 bits per heavy atom. The van der Waals surface area contributed by atoms with Crippen molar-refractivity contribution in [1.29, 1.82) is 0 Å². The fraction of sp³-hybridized carbons (Fsp3) is 0.500.